The van der Waals surface area contributed by atoms with Crippen molar-refractivity contribution < 1.29 is 13.3 Å². The fourth-order valence-electron chi connectivity index (χ4n) is 2.06. The normalized spacial score (nSPS) is 21.6. The molecule has 0 saturated heterocycles. The fraction of sp³-hybridized carbons (Fsp3) is 0.455. The van der Waals surface area contributed by atoms with Crippen molar-refractivity contribution in [1.29, 1.82) is 0 Å². The van der Waals surface area contributed by atoms with E-state index in [4.69, 9.17) is 5.73 Å². The molecule has 0 spiro atoms. The van der Waals surface area contributed by atoms with Crippen molar-refractivity contribution in [2.75, 3.05) is 6.54 Å². The molecule has 0 bridgehead atoms. The number of nitrogens with two attached hydrogens (primary N) is 1. The second-order valence-corrected chi connectivity index (χ2v) is 6.36. The molecule has 9 heteroatoms. The summed E-state index contributed by atoms with van der Waals surface area (Å²) < 4.78 is 26.6. The van der Waals surface area contributed by atoms with E-state index < -0.39 is 14.9 Å². The van der Waals surface area contributed by atoms with Crippen molar-refractivity contribution in [1.82, 2.24) is 4.72 Å². The Bertz CT molecular complexity index is 570. The summed E-state index contributed by atoms with van der Waals surface area (Å²) in [6.07, 6.45) is 1.48. The van der Waals surface area contributed by atoms with Gasteiger partial charge in [0.2, 0.25) is 10.0 Å². The van der Waals surface area contributed by atoms with Gasteiger partial charge in [0.25, 0.3) is 5.69 Å². The zero-order valence-corrected chi connectivity index (χ0v) is 12.2. The first kappa shape index (κ1) is 16.8. The van der Waals surface area contributed by atoms with Crippen molar-refractivity contribution in [3.8, 4) is 0 Å². The lowest BCUT2D eigenvalue weighted by Crippen LogP contribution is -2.46. The van der Waals surface area contributed by atoms with Gasteiger partial charge < -0.3 is 5.73 Å². The molecule has 2 rings (SSSR count). The summed E-state index contributed by atoms with van der Waals surface area (Å²) in [4.78, 5) is 9.96. The van der Waals surface area contributed by atoms with Crippen LogP contribution in [0.3, 0.4) is 0 Å². The maximum Gasteiger partial charge on any atom is 0.269 e. The Hall–Kier alpha value is -1.22. The maximum absolute atomic E-state index is 12.0. The summed E-state index contributed by atoms with van der Waals surface area (Å²) in [5, 5.41) is 10.5. The van der Waals surface area contributed by atoms with Crippen LogP contribution in [0.1, 0.15) is 12.8 Å². The van der Waals surface area contributed by atoms with Gasteiger partial charge >= 0.3 is 0 Å². The number of benzene rings is 1. The number of nitro groups is 1. The molecule has 20 heavy (non-hydrogen) atoms. The Morgan fingerprint density at radius 3 is 2.30 bits per heavy atom. The molecule has 0 aliphatic heterocycles. The quantitative estimate of drug-likeness (QED) is 0.621. The third-order valence-corrected chi connectivity index (χ3v) is 4.79. The van der Waals surface area contributed by atoms with E-state index in [1.165, 1.54) is 24.3 Å². The number of nitrogens with one attached hydrogen (secondary N) is 1. The second-order valence-electron chi connectivity index (χ2n) is 4.64. The minimum Gasteiger partial charge on any atom is -0.330 e. The maximum atomic E-state index is 12.0. The number of halogens is 1. The Kier molecular flexibility index (Phi) is 5.46. The standard InChI is InChI=1S/C11H15N3O4S.ClH/c12-7-8-5-9(6-8)13-19(17,18)11-3-1-10(2-4-11)14(15)16;/h1-4,8-9,13H,5-7,12H2;1H. The molecule has 112 valence electrons. The summed E-state index contributed by atoms with van der Waals surface area (Å²) in [6.45, 7) is 0.565. The molecule has 7 nitrogen and oxygen atoms in total. The minimum atomic E-state index is -3.61. The molecule has 0 aromatic heterocycles. The second kappa shape index (κ2) is 6.49. The average molecular weight is 322 g/mol. The van der Waals surface area contributed by atoms with Gasteiger partial charge in [-0.3, -0.25) is 10.1 Å². The van der Waals surface area contributed by atoms with Gasteiger partial charge in [-0.05, 0) is 37.4 Å². The molecular formula is C11H16ClN3O4S. The molecule has 0 radical (unpaired) electrons. The van der Waals surface area contributed by atoms with Crippen LogP contribution in [-0.4, -0.2) is 25.9 Å². The topological polar surface area (TPSA) is 115 Å². The predicted octanol–water partition coefficient (Wildman–Crippen LogP) is 1.03. The van der Waals surface area contributed by atoms with Crippen LogP contribution < -0.4 is 10.5 Å². The molecule has 0 amide bonds. The number of nitrogens with zero attached hydrogens (tertiary/aromatic N) is 1. The van der Waals surface area contributed by atoms with Crippen molar-refractivity contribution in [3.05, 3.63) is 34.4 Å². The van der Waals surface area contributed by atoms with E-state index in [2.05, 4.69) is 4.72 Å². The third kappa shape index (κ3) is 3.66. The van der Waals surface area contributed by atoms with Crippen molar-refractivity contribution in [2.45, 2.75) is 23.8 Å². The van der Waals surface area contributed by atoms with Gasteiger partial charge in [0.1, 0.15) is 0 Å². The van der Waals surface area contributed by atoms with E-state index in [9.17, 15) is 18.5 Å². The Morgan fingerprint density at radius 1 is 1.30 bits per heavy atom. The molecule has 1 aliphatic rings. The zero-order chi connectivity index (χ0) is 14.0. The van der Waals surface area contributed by atoms with Gasteiger partial charge in [-0.25, -0.2) is 13.1 Å². The van der Waals surface area contributed by atoms with Gasteiger partial charge in [-0.15, -0.1) is 12.4 Å². The van der Waals surface area contributed by atoms with Crippen molar-refractivity contribution in [3.63, 3.8) is 0 Å². The number of hydrogen-bond acceptors (Lipinski definition) is 5. The highest BCUT2D eigenvalue weighted by atomic mass is 35.5. The van der Waals surface area contributed by atoms with Gasteiger partial charge in [0.15, 0.2) is 0 Å². The largest absolute Gasteiger partial charge is 0.330 e. The number of sulfonamides is 1. The van der Waals surface area contributed by atoms with Crippen LogP contribution in [0, 0.1) is 16.0 Å². The van der Waals surface area contributed by atoms with Gasteiger partial charge in [0, 0.05) is 18.2 Å². The number of rotatable bonds is 5. The van der Waals surface area contributed by atoms with Crippen LogP contribution in [0.2, 0.25) is 0 Å². The van der Waals surface area contributed by atoms with E-state index in [0.717, 1.165) is 12.8 Å². The number of hydrogen-bond donors (Lipinski definition) is 2. The minimum absolute atomic E-state index is 0. The smallest absolute Gasteiger partial charge is 0.269 e. The highest BCUT2D eigenvalue weighted by molar-refractivity contribution is 7.89. The first-order chi connectivity index (χ1) is 8.92. The number of nitro benzene ring substituents is 1. The third-order valence-electron chi connectivity index (χ3n) is 3.25. The Labute approximate surface area is 123 Å². The van der Waals surface area contributed by atoms with Crippen molar-refractivity contribution in [2.24, 2.45) is 11.7 Å². The Balaban J connectivity index is 0.00000200. The molecule has 3 N–H and O–H groups in total. The molecule has 1 fully saturated rings. The lowest BCUT2D eigenvalue weighted by atomic mass is 9.81. The fourth-order valence-corrected chi connectivity index (χ4v) is 3.32. The Morgan fingerprint density at radius 2 is 1.85 bits per heavy atom. The van der Waals surface area contributed by atoms with Crippen LogP contribution in [0.5, 0.6) is 0 Å². The molecule has 0 atom stereocenters. The molecule has 0 heterocycles. The summed E-state index contributed by atoms with van der Waals surface area (Å²) >= 11 is 0. The van der Waals surface area contributed by atoms with E-state index in [0.29, 0.717) is 12.5 Å². The zero-order valence-electron chi connectivity index (χ0n) is 10.6. The van der Waals surface area contributed by atoms with Crippen LogP contribution in [0.25, 0.3) is 0 Å². The summed E-state index contributed by atoms with van der Waals surface area (Å²) in [5.41, 5.74) is 5.34. The summed E-state index contributed by atoms with van der Waals surface area (Å²) in [5.74, 6) is 0.379. The lowest BCUT2D eigenvalue weighted by molar-refractivity contribution is -0.384. The lowest BCUT2D eigenvalue weighted by Gasteiger charge is -2.34. The van der Waals surface area contributed by atoms with E-state index in [1.54, 1.807) is 0 Å². The molecule has 1 aliphatic carbocycles. The first-order valence-electron chi connectivity index (χ1n) is 5.89. The summed E-state index contributed by atoms with van der Waals surface area (Å²) in [6, 6.07) is 4.74. The number of non-ortho nitro benzene ring substituents is 1. The van der Waals surface area contributed by atoms with Crippen LogP contribution in [-0.2, 0) is 10.0 Å². The highest BCUT2D eigenvalue weighted by Gasteiger charge is 2.31. The SMILES string of the molecule is Cl.NCC1CC(NS(=O)(=O)c2ccc([N+](=O)[O-])cc2)C1. The average Bonchev–Trinajstić information content (AvgIpc) is 2.33. The van der Waals surface area contributed by atoms with Gasteiger partial charge in [-0.2, -0.15) is 0 Å². The monoisotopic (exact) mass is 321 g/mol. The molecule has 1 aromatic rings. The molecular weight excluding hydrogens is 306 g/mol. The van der Waals surface area contributed by atoms with Gasteiger partial charge in [0.05, 0.1) is 9.82 Å². The van der Waals surface area contributed by atoms with Crippen molar-refractivity contribution >= 4 is 28.1 Å². The van der Waals surface area contributed by atoms with E-state index in [1.807, 2.05) is 0 Å². The molecule has 0 unspecified atom stereocenters. The highest BCUT2D eigenvalue weighted by Crippen LogP contribution is 2.27. The summed E-state index contributed by atoms with van der Waals surface area (Å²) in [7, 11) is -3.61. The van der Waals surface area contributed by atoms with Crippen LogP contribution in [0.15, 0.2) is 29.2 Å². The van der Waals surface area contributed by atoms with Crippen LogP contribution in [0.4, 0.5) is 5.69 Å². The first-order valence-corrected chi connectivity index (χ1v) is 7.37. The van der Waals surface area contributed by atoms with E-state index >= 15 is 0 Å². The van der Waals surface area contributed by atoms with E-state index in [-0.39, 0.29) is 29.0 Å². The molecule has 1 saturated carbocycles. The van der Waals surface area contributed by atoms with Crippen LogP contribution >= 0.6 is 12.4 Å². The molecule has 1 aromatic carbocycles. The van der Waals surface area contributed by atoms with Gasteiger partial charge in [-0.1, -0.05) is 0 Å². The predicted molar refractivity (Wildman–Crippen MR) is 76.2 cm³/mol.